The topological polar surface area (TPSA) is 74.2 Å². The first kappa shape index (κ1) is 18.6. The van der Waals surface area contributed by atoms with Crippen molar-refractivity contribution >= 4 is 16.8 Å². The van der Waals surface area contributed by atoms with Crippen molar-refractivity contribution in [3.63, 3.8) is 0 Å². The van der Waals surface area contributed by atoms with Crippen molar-refractivity contribution in [2.24, 2.45) is 0 Å². The summed E-state index contributed by atoms with van der Waals surface area (Å²) in [4.78, 5) is 17.8. The molecule has 0 spiro atoms. The number of nitrogens with zero attached hydrogens (tertiary/aromatic N) is 1. The molecule has 144 valence electrons. The number of hydrogen-bond acceptors (Lipinski definition) is 4. The summed E-state index contributed by atoms with van der Waals surface area (Å²) < 4.78 is 0. The van der Waals surface area contributed by atoms with Gasteiger partial charge in [-0.2, -0.15) is 0 Å². The summed E-state index contributed by atoms with van der Waals surface area (Å²) in [6.45, 7) is 5.16. The molecule has 5 heteroatoms. The fourth-order valence-corrected chi connectivity index (χ4v) is 4.14. The van der Waals surface area contributed by atoms with Crippen LogP contribution in [0.25, 0.3) is 10.9 Å². The summed E-state index contributed by atoms with van der Waals surface area (Å²) in [5.41, 5.74) is 3.54. The minimum absolute atomic E-state index is 0.201. The van der Waals surface area contributed by atoms with Crippen LogP contribution in [0.3, 0.4) is 0 Å². The normalized spacial score (nSPS) is 22.2. The summed E-state index contributed by atoms with van der Waals surface area (Å²) in [5.74, 6) is -0.201. The van der Waals surface area contributed by atoms with Crippen LogP contribution in [0.15, 0.2) is 54.6 Å². The molecule has 0 unspecified atom stereocenters. The van der Waals surface area contributed by atoms with Crippen LogP contribution in [0.1, 0.15) is 33.6 Å². The van der Waals surface area contributed by atoms with Gasteiger partial charge in [-0.1, -0.05) is 36.4 Å². The first-order valence-electron chi connectivity index (χ1n) is 9.64. The number of nitrogens with one attached hydrogen (secondary N) is 2. The fourth-order valence-electron chi connectivity index (χ4n) is 4.14. The van der Waals surface area contributed by atoms with Gasteiger partial charge in [0.05, 0.1) is 17.2 Å². The highest BCUT2D eigenvalue weighted by Gasteiger charge is 2.42. The second-order valence-corrected chi connectivity index (χ2v) is 7.57. The number of amides is 1. The van der Waals surface area contributed by atoms with E-state index in [1.54, 1.807) is 0 Å². The van der Waals surface area contributed by atoms with Crippen LogP contribution in [0, 0.1) is 13.8 Å². The van der Waals surface area contributed by atoms with Gasteiger partial charge in [-0.05, 0) is 56.1 Å². The largest absolute Gasteiger partial charge is 0.389 e. The van der Waals surface area contributed by atoms with Gasteiger partial charge in [-0.25, -0.2) is 0 Å². The molecule has 1 aliphatic heterocycles. The van der Waals surface area contributed by atoms with Crippen LogP contribution < -0.4 is 10.6 Å². The highest BCUT2D eigenvalue weighted by molar-refractivity contribution is 5.98. The highest BCUT2D eigenvalue weighted by atomic mass is 16.3. The molecular formula is C23H25N3O2. The minimum atomic E-state index is -0.811. The predicted molar refractivity (Wildman–Crippen MR) is 110 cm³/mol. The van der Waals surface area contributed by atoms with E-state index in [0.29, 0.717) is 18.5 Å². The number of carbonyl (C=O) groups excluding carboxylic acids is 1. The molecular weight excluding hydrogens is 350 g/mol. The number of hydrogen-bond donors (Lipinski definition) is 3. The van der Waals surface area contributed by atoms with Crippen LogP contribution in [-0.2, 0) is 5.54 Å². The van der Waals surface area contributed by atoms with E-state index in [1.807, 2.05) is 68.4 Å². The third kappa shape index (κ3) is 3.28. The third-order valence-corrected chi connectivity index (χ3v) is 5.64. The van der Waals surface area contributed by atoms with Gasteiger partial charge in [-0.3, -0.25) is 9.78 Å². The lowest BCUT2D eigenvalue weighted by Crippen LogP contribution is -2.61. The molecule has 1 aliphatic rings. The third-order valence-electron chi connectivity index (χ3n) is 5.64. The Morgan fingerprint density at radius 2 is 1.96 bits per heavy atom. The lowest BCUT2D eigenvalue weighted by molar-refractivity contribution is 0.0290. The molecule has 0 radical (unpaired) electrons. The Kier molecular flexibility index (Phi) is 4.87. The average molecular weight is 375 g/mol. The molecule has 0 saturated carbocycles. The number of aryl methyl sites for hydroxylation is 2. The molecule has 3 N–H and O–H groups in total. The lowest BCUT2D eigenvalue weighted by atomic mass is 9.79. The van der Waals surface area contributed by atoms with Crippen molar-refractivity contribution in [1.29, 1.82) is 0 Å². The van der Waals surface area contributed by atoms with Crippen LogP contribution in [0.4, 0.5) is 0 Å². The van der Waals surface area contributed by atoms with Crippen LogP contribution in [0.5, 0.6) is 0 Å². The number of benzene rings is 2. The molecule has 1 saturated heterocycles. The molecule has 1 fully saturated rings. The van der Waals surface area contributed by atoms with E-state index < -0.39 is 11.6 Å². The van der Waals surface area contributed by atoms with Gasteiger partial charge in [0, 0.05) is 23.2 Å². The predicted octanol–water partition coefficient (Wildman–Crippen LogP) is 2.83. The highest BCUT2D eigenvalue weighted by Crippen LogP contribution is 2.31. The van der Waals surface area contributed by atoms with Crippen molar-refractivity contribution in [3.05, 3.63) is 77.0 Å². The number of pyridine rings is 1. The van der Waals surface area contributed by atoms with Gasteiger partial charge in [0.25, 0.3) is 5.91 Å². The van der Waals surface area contributed by atoms with Crippen molar-refractivity contribution in [3.8, 4) is 0 Å². The molecule has 4 rings (SSSR count). The number of fused-ring (bicyclic) bond motifs is 1. The van der Waals surface area contributed by atoms with Crippen molar-refractivity contribution in [2.45, 2.75) is 31.9 Å². The van der Waals surface area contributed by atoms with E-state index in [-0.39, 0.29) is 5.91 Å². The number of β-amino-alcohol motifs (C(OH)–C–C–N with tert-alkyl or cyclic N) is 1. The molecule has 0 aliphatic carbocycles. The summed E-state index contributed by atoms with van der Waals surface area (Å²) in [5, 5.41) is 18.2. The summed E-state index contributed by atoms with van der Waals surface area (Å²) in [6, 6.07) is 17.4. The van der Waals surface area contributed by atoms with E-state index in [0.717, 1.165) is 34.3 Å². The number of aliphatic hydroxyl groups excluding tert-OH is 1. The maximum Gasteiger partial charge on any atom is 0.252 e. The quantitative estimate of drug-likeness (QED) is 0.658. The van der Waals surface area contributed by atoms with Crippen LogP contribution in [0.2, 0.25) is 0 Å². The van der Waals surface area contributed by atoms with E-state index in [2.05, 4.69) is 15.6 Å². The standard InChI is InChI=1S/C23H25N3O2/c1-15-12-16(2)25-20-13-17(8-9-19(15)20)22(28)26-23(10-11-24-14-21(23)27)18-6-4-3-5-7-18/h3-9,12-13,21,24,27H,10-11,14H2,1-2H3,(H,26,28)/t21-,23-/m1/s1. The van der Waals surface area contributed by atoms with Gasteiger partial charge in [0.1, 0.15) is 0 Å². The molecule has 3 aromatic rings. The zero-order valence-electron chi connectivity index (χ0n) is 16.2. The number of carbonyl (C=O) groups is 1. The van der Waals surface area contributed by atoms with Gasteiger partial charge >= 0.3 is 0 Å². The summed E-state index contributed by atoms with van der Waals surface area (Å²) >= 11 is 0. The Hall–Kier alpha value is -2.76. The van der Waals surface area contributed by atoms with Gasteiger partial charge in [0.15, 0.2) is 0 Å². The first-order chi connectivity index (χ1) is 13.5. The monoisotopic (exact) mass is 375 g/mol. The smallest absolute Gasteiger partial charge is 0.252 e. The van der Waals surface area contributed by atoms with Crippen LogP contribution in [-0.4, -0.2) is 35.2 Å². The average Bonchev–Trinajstić information content (AvgIpc) is 2.70. The van der Waals surface area contributed by atoms with E-state index in [9.17, 15) is 9.90 Å². The van der Waals surface area contributed by atoms with Crippen molar-refractivity contribution < 1.29 is 9.90 Å². The summed E-state index contributed by atoms with van der Waals surface area (Å²) in [7, 11) is 0. The maximum absolute atomic E-state index is 13.2. The fraction of sp³-hybridized carbons (Fsp3) is 0.304. The minimum Gasteiger partial charge on any atom is -0.389 e. The Labute approximate surface area is 164 Å². The number of aromatic nitrogens is 1. The van der Waals surface area contributed by atoms with Crippen LogP contribution >= 0.6 is 0 Å². The maximum atomic E-state index is 13.2. The van der Waals surface area contributed by atoms with Crippen molar-refractivity contribution in [1.82, 2.24) is 15.6 Å². The van der Waals surface area contributed by atoms with E-state index in [1.165, 1.54) is 0 Å². The molecule has 0 bridgehead atoms. The SMILES string of the molecule is Cc1cc(C)c2ccc(C(=O)N[C@@]3(c4ccccc4)CCNC[C@H]3O)cc2n1. The Balaban J connectivity index is 1.71. The number of aliphatic hydroxyl groups is 1. The first-order valence-corrected chi connectivity index (χ1v) is 9.64. The van der Waals surface area contributed by atoms with Gasteiger partial charge in [0.2, 0.25) is 0 Å². The van der Waals surface area contributed by atoms with Gasteiger partial charge < -0.3 is 15.7 Å². The van der Waals surface area contributed by atoms with Gasteiger partial charge in [-0.15, -0.1) is 0 Å². The lowest BCUT2D eigenvalue weighted by Gasteiger charge is -2.43. The molecule has 2 atom stereocenters. The van der Waals surface area contributed by atoms with E-state index >= 15 is 0 Å². The number of piperidine rings is 1. The van der Waals surface area contributed by atoms with E-state index in [4.69, 9.17) is 0 Å². The second kappa shape index (κ2) is 7.34. The molecule has 2 aromatic carbocycles. The molecule has 5 nitrogen and oxygen atoms in total. The second-order valence-electron chi connectivity index (χ2n) is 7.57. The zero-order chi connectivity index (χ0) is 19.7. The molecule has 1 amide bonds. The Morgan fingerprint density at radius 1 is 1.18 bits per heavy atom. The Morgan fingerprint density at radius 3 is 2.71 bits per heavy atom. The molecule has 2 heterocycles. The summed E-state index contributed by atoms with van der Waals surface area (Å²) in [6.07, 6.45) is -0.0933. The van der Waals surface area contributed by atoms with Crippen molar-refractivity contribution in [2.75, 3.05) is 13.1 Å². The molecule has 28 heavy (non-hydrogen) atoms. The zero-order valence-corrected chi connectivity index (χ0v) is 16.2. The molecule has 1 aromatic heterocycles. The number of rotatable bonds is 3. The Bertz CT molecular complexity index is 1020.